The van der Waals surface area contributed by atoms with E-state index in [0.717, 1.165) is 16.2 Å². The van der Waals surface area contributed by atoms with Crippen LogP contribution in [0.25, 0.3) is 0 Å². The Kier molecular flexibility index (Phi) is 8.13. The molecule has 0 bridgehead atoms. The minimum absolute atomic E-state index is 0.101. The van der Waals surface area contributed by atoms with Crippen LogP contribution in [0.5, 0.6) is 11.5 Å². The molecule has 2 unspecified atom stereocenters. The molecule has 0 aromatic heterocycles. The number of hydrogen-bond donors (Lipinski definition) is 1. The molecule has 1 N–H and O–H groups in total. The third-order valence-corrected chi connectivity index (χ3v) is 6.09. The van der Waals surface area contributed by atoms with Crippen molar-refractivity contribution in [2.75, 3.05) is 14.2 Å². The van der Waals surface area contributed by atoms with Crippen LogP contribution in [-0.2, 0) is 22.1 Å². The second kappa shape index (κ2) is 10.3. The van der Waals surface area contributed by atoms with E-state index in [0.29, 0.717) is 30.2 Å². The van der Waals surface area contributed by atoms with Gasteiger partial charge in [-0.1, -0.05) is 18.5 Å². The lowest BCUT2D eigenvalue weighted by Gasteiger charge is -2.13. The minimum atomic E-state index is -1.18. The molecule has 0 aliphatic heterocycles. The van der Waals surface area contributed by atoms with Gasteiger partial charge in [0.1, 0.15) is 11.5 Å². The van der Waals surface area contributed by atoms with Crippen molar-refractivity contribution in [3.05, 3.63) is 53.1 Å². The predicted octanol–water partition coefficient (Wildman–Crippen LogP) is 3.95. The summed E-state index contributed by atoms with van der Waals surface area (Å²) in [5.41, 5.74) is 0.813. The van der Waals surface area contributed by atoms with Crippen LogP contribution < -0.4 is 14.8 Å². The number of rotatable bonds is 9. The molecule has 7 heteroatoms. The Hall–Kier alpha value is -2.05. The van der Waals surface area contributed by atoms with Gasteiger partial charge in [0.15, 0.2) is 0 Å². The van der Waals surface area contributed by atoms with Crippen LogP contribution in [0.1, 0.15) is 25.3 Å². The first kappa shape index (κ1) is 21.3. The molecule has 0 heterocycles. The highest BCUT2D eigenvalue weighted by molar-refractivity contribution is 7.85. The summed E-state index contributed by atoms with van der Waals surface area (Å²) in [4.78, 5) is 12.9. The van der Waals surface area contributed by atoms with E-state index in [1.165, 1.54) is 0 Å². The van der Waals surface area contributed by atoms with E-state index in [2.05, 4.69) is 5.32 Å². The highest BCUT2D eigenvalue weighted by Gasteiger charge is 2.15. The van der Waals surface area contributed by atoms with Crippen molar-refractivity contribution in [3.63, 3.8) is 0 Å². The molecule has 0 spiro atoms. The molecule has 0 saturated carbocycles. The molecule has 0 radical (unpaired) electrons. The lowest BCUT2D eigenvalue weighted by Crippen LogP contribution is -2.24. The van der Waals surface area contributed by atoms with Gasteiger partial charge in [-0.05, 0) is 48.9 Å². The van der Waals surface area contributed by atoms with Gasteiger partial charge >= 0.3 is 0 Å². The maximum absolute atomic E-state index is 12.6. The Morgan fingerprint density at radius 1 is 1.15 bits per heavy atom. The fourth-order valence-electron chi connectivity index (χ4n) is 2.55. The number of nitrogens with one attached hydrogen (secondary N) is 1. The Morgan fingerprint density at radius 2 is 1.85 bits per heavy atom. The van der Waals surface area contributed by atoms with Gasteiger partial charge in [-0.2, -0.15) is 0 Å². The number of benzene rings is 2. The zero-order valence-electron chi connectivity index (χ0n) is 15.7. The predicted molar refractivity (Wildman–Crippen MR) is 108 cm³/mol. The van der Waals surface area contributed by atoms with E-state index >= 15 is 0 Å². The Labute approximate surface area is 167 Å². The Bertz CT molecular complexity index is 795. The van der Waals surface area contributed by atoms with Crippen LogP contribution in [0.3, 0.4) is 0 Å². The first-order valence-corrected chi connectivity index (χ1v) is 10.2. The maximum atomic E-state index is 12.6. The van der Waals surface area contributed by atoms with Crippen LogP contribution in [0.2, 0.25) is 5.02 Å². The molecular weight excluding hydrogens is 386 g/mol. The van der Waals surface area contributed by atoms with Crippen LogP contribution >= 0.6 is 11.6 Å². The second-order valence-corrected chi connectivity index (χ2v) is 8.36. The molecule has 0 aliphatic carbocycles. The molecule has 2 atom stereocenters. The third-order valence-electron chi connectivity index (χ3n) is 4.15. The van der Waals surface area contributed by atoms with E-state index in [9.17, 15) is 9.00 Å². The largest absolute Gasteiger partial charge is 0.497 e. The molecule has 0 saturated heterocycles. The normalized spacial score (nSPS) is 12.9. The fourth-order valence-corrected chi connectivity index (χ4v) is 3.95. The van der Waals surface area contributed by atoms with Crippen molar-refractivity contribution < 1.29 is 18.5 Å². The summed E-state index contributed by atoms with van der Waals surface area (Å²) in [5, 5.41) is 3.31. The second-order valence-electron chi connectivity index (χ2n) is 6.06. The summed E-state index contributed by atoms with van der Waals surface area (Å²) < 4.78 is 22.9. The molecular formula is C20H24ClNO4S. The highest BCUT2D eigenvalue weighted by atomic mass is 35.5. The van der Waals surface area contributed by atoms with Crippen LogP contribution in [-0.4, -0.2) is 29.6 Å². The zero-order chi connectivity index (χ0) is 19.8. The molecule has 0 aliphatic rings. The lowest BCUT2D eigenvalue weighted by molar-refractivity contribution is -0.121. The van der Waals surface area contributed by atoms with E-state index in [4.69, 9.17) is 21.1 Å². The monoisotopic (exact) mass is 409 g/mol. The van der Waals surface area contributed by atoms with Gasteiger partial charge < -0.3 is 14.8 Å². The van der Waals surface area contributed by atoms with Gasteiger partial charge in [-0.15, -0.1) is 0 Å². The third kappa shape index (κ3) is 6.26. The van der Waals surface area contributed by atoms with Crippen molar-refractivity contribution in [1.82, 2.24) is 5.32 Å². The van der Waals surface area contributed by atoms with E-state index in [1.807, 2.05) is 6.92 Å². The Balaban J connectivity index is 1.84. The molecule has 0 fully saturated rings. The van der Waals surface area contributed by atoms with Gasteiger partial charge in [0.25, 0.3) is 0 Å². The molecule has 2 aromatic carbocycles. The summed E-state index contributed by atoms with van der Waals surface area (Å²) in [6.45, 7) is 2.21. The van der Waals surface area contributed by atoms with Crippen molar-refractivity contribution in [3.8, 4) is 11.5 Å². The number of hydrogen-bond acceptors (Lipinski definition) is 4. The van der Waals surface area contributed by atoms with Crippen molar-refractivity contribution in [1.29, 1.82) is 0 Å². The van der Waals surface area contributed by atoms with E-state index in [1.54, 1.807) is 56.7 Å². The van der Waals surface area contributed by atoms with Gasteiger partial charge in [0.05, 0.1) is 25.0 Å². The molecule has 146 valence electrons. The van der Waals surface area contributed by atoms with Gasteiger partial charge in [-0.25, -0.2) is 0 Å². The molecule has 27 heavy (non-hydrogen) atoms. The van der Waals surface area contributed by atoms with Gasteiger partial charge in [-0.3, -0.25) is 9.00 Å². The maximum Gasteiger partial charge on any atom is 0.220 e. The summed E-state index contributed by atoms with van der Waals surface area (Å²) >= 11 is 5.99. The standard InChI is InChI=1S/C20H24ClNO4S/c1-14(27(24)18-8-6-17(25-2)7-9-18)4-11-20(23)22-13-15-12-16(21)5-10-19(15)26-3/h5-10,12,14H,4,11,13H2,1-3H3,(H,22,23). The smallest absolute Gasteiger partial charge is 0.220 e. The quantitative estimate of drug-likeness (QED) is 0.681. The van der Waals surface area contributed by atoms with Crippen LogP contribution in [0, 0.1) is 0 Å². The van der Waals surface area contributed by atoms with Crippen molar-refractivity contribution >= 4 is 28.3 Å². The van der Waals surface area contributed by atoms with E-state index < -0.39 is 10.8 Å². The molecule has 2 rings (SSSR count). The Morgan fingerprint density at radius 3 is 2.48 bits per heavy atom. The van der Waals surface area contributed by atoms with E-state index in [-0.39, 0.29) is 11.2 Å². The zero-order valence-corrected chi connectivity index (χ0v) is 17.2. The minimum Gasteiger partial charge on any atom is -0.497 e. The molecule has 1 amide bonds. The van der Waals surface area contributed by atoms with Crippen LogP contribution in [0.4, 0.5) is 0 Å². The molecule has 2 aromatic rings. The number of amides is 1. The van der Waals surface area contributed by atoms with Crippen molar-refractivity contribution in [2.45, 2.75) is 36.5 Å². The topological polar surface area (TPSA) is 64.6 Å². The van der Waals surface area contributed by atoms with Crippen LogP contribution in [0.15, 0.2) is 47.4 Å². The number of carbonyl (C=O) groups excluding carboxylic acids is 1. The average molecular weight is 410 g/mol. The van der Waals surface area contributed by atoms with Crippen molar-refractivity contribution in [2.24, 2.45) is 0 Å². The fraction of sp³-hybridized carbons (Fsp3) is 0.350. The first-order valence-electron chi connectivity index (χ1n) is 8.58. The number of halogens is 1. The van der Waals surface area contributed by atoms with Gasteiger partial charge in [0, 0.05) is 33.7 Å². The summed E-state index contributed by atoms with van der Waals surface area (Å²) in [7, 11) is 1.99. The molecule has 5 nitrogen and oxygen atoms in total. The summed E-state index contributed by atoms with van der Waals surface area (Å²) in [6.07, 6.45) is 0.823. The summed E-state index contributed by atoms with van der Waals surface area (Å²) in [6, 6.07) is 12.4. The lowest BCUT2D eigenvalue weighted by atomic mass is 10.2. The average Bonchev–Trinajstić information content (AvgIpc) is 2.70. The first-order chi connectivity index (χ1) is 12.9. The number of carbonyl (C=O) groups is 1. The van der Waals surface area contributed by atoms with Gasteiger partial charge in [0.2, 0.25) is 5.91 Å². The summed E-state index contributed by atoms with van der Waals surface area (Å²) in [5.74, 6) is 1.29. The number of ether oxygens (including phenoxy) is 2. The highest BCUT2D eigenvalue weighted by Crippen LogP contribution is 2.22. The number of methoxy groups -OCH3 is 2. The SMILES string of the molecule is COc1ccc(S(=O)C(C)CCC(=O)NCc2cc(Cl)ccc2OC)cc1.